The van der Waals surface area contributed by atoms with E-state index in [1.807, 2.05) is 24.3 Å². The van der Waals surface area contributed by atoms with Gasteiger partial charge in [-0.1, -0.05) is 17.7 Å². The van der Waals surface area contributed by atoms with E-state index in [0.29, 0.717) is 23.1 Å². The van der Waals surface area contributed by atoms with Crippen LogP contribution in [0.4, 0.5) is 0 Å². The van der Waals surface area contributed by atoms with E-state index >= 15 is 0 Å². The molecule has 0 unspecified atom stereocenters. The predicted octanol–water partition coefficient (Wildman–Crippen LogP) is 3.60. The van der Waals surface area contributed by atoms with Crippen molar-refractivity contribution in [3.05, 3.63) is 52.8 Å². The molecule has 2 aromatic rings. The minimum Gasteiger partial charge on any atom is -0.493 e. The number of aromatic nitrogens is 1. The summed E-state index contributed by atoms with van der Waals surface area (Å²) in [5, 5.41) is 4.01. The van der Waals surface area contributed by atoms with Crippen LogP contribution in [0.3, 0.4) is 0 Å². The standard InChI is InChI=1S/C16H19ClN2O2/c1-11(12-6-8-18-9-7-12)19-10-13-4-5-14(20-2)16(21-3)15(13)17/h4-9,11,19H,10H2,1-3H3/t11-/m1/s1. The lowest BCUT2D eigenvalue weighted by atomic mass is 10.1. The molecule has 1 aromatic carbocycles. The lowest BCUT2D eigenvalue weighted by molar-refractivity contribution is 0.354. The van der Waals surface area contributed by atoms with Crippen molar-refractivity contribution in [1.82, 2.24) is 10.3 Å². The van der Waals surface area contributed by atoms with Crippen molar-refractivity contribution in [3.8, 4) is 11.5 Å². The van der Waals surface area contributed by atoms with Crippen LogP contribution in [0, 0.1) is 0 Å². The maximum atomic E-state index is 6.37. The summed E-state index contributed by atoms with van der Waals surface area (Å²) >= 11 is 6.37. The van der Waals surface area contributed by atoms with E-state index in [1.165, 1.54) is 5.56 Å². The highest BCUT2D eigenvalue weighted by atomic mass is 35.5. The quantitative estimate of drug-likeness (QED) is 0.885. The summed E-state index contributed by atoms with van der Waals surface area (Å²) in [6.07, 6.45) is 3.58. The van der Waals surface area contributed by atoms with Gasteiger partial charge in [-0.3, -0.25) is 4.98 Å². The fraction of sp³-hybridized carbons (Fsp3) is 0.312. The van der Waals surface area contributed by atoms with Crippen LogP contribution < -0.4 is 14.8 Å². The molecule has 1 N–H and O–H groups in total. The van der Waals surface area contributed by atoms with Gasteiger partial charge in [0, 0.05) is 25.0 Å². The van der Waals surface area contributed by atoms with E-state index in [1.54, 1.807) is 26.6 Å². The second-order valence-electron chi connectivity index (χ2n) is 4.66. The maximum Gasteiger partial charge on any atom is 0.179 e. The average Bonchev–Trinajstić information content (AvgIpc) is 2.53. The maximum absolute atomic E-state index is 6.37. The van der Waals surface area contributed by atoms with Crippen molar-refractivity contribution in [2.24, 2.45) is 0 Å². The van der Waals surface area contributed by atoms with Gasteiger partial charge in [0.15, 0.2) is 11.5 Å². The average molecular weight is 307 g/mol. The second-order valence-corrected chi connectivity index (χ2v) is 5.04. The van der Waals surface area contributed by atoms with Crippen molar-refractivity contribution in [2.75, 3.05) is 14.2 Å². The largest absolute Gasteiger partial charge is 0.493 e. The Morgan fingerprint density at radius 3 is 2.48 bits per heavy atom. The number of rotatable bonds is 6. The Balaban J connectivity index is 2.10. The molecule has 1 atom stereocenters. The molecule has 1 heterocycles. The van der Waals surface area contributed by atoms with Crippen LogP contribution in [0.2, 0.25) is 5.02 Å². The first-order valence-electron chi connectivity index (χ1n) is 6.70. The molecule has 1 aromatic heterocycles. The van der Waals surface area contributed by atoms with Crippen LogP contribution in [-0.4, -0.2) is 19.2 Å². The van der Waals surface area contributed by atoms with Gasteiger partial charge in [-0.25, -0.2) is 0 Å². The Morgan fingerprint density at radius 1 is 1.14 bits per heavy atom. The molecule has 0 saturated carbocycles. The molecule has 2 rings (SSSR count). The van der Waals surface area contributed by atoms with E-state index in [2.05, 4.69) is 17.2 Å². The number of pyridine rings is 1. The molecule has 5 heteroatoms. The Bertz CT molecular complexity index is 590. The van der Waals surface area contributed by atoms with E-state index in [9.17, 15) is 0 Å². The van der Waals surface area contributed by atoms with Gasteiger partial charge in [0.25, 0.3) is 0 Å². The van der Waals surface area contributed by atoms with Gasteiger partial charge < -0.3 is 14.8 Å². The van der Waals surface area contributed by atoms with E-state index < -0.39 is 0 Å². The molecule has 0 amide bonds. The number of nitrogens with one attached hydrogen (secondary N) is 1. The molecular weight excluding hydrogens is 288 g/mol. The van der Waals surface area contributed by atoms with Gasteiger partial charge in [0.05, 0.1) is 19.2 Å². The van der Waals surface area contributed by atoms with Gasteiger partial charge in [-0.2, -0.15) is 0 Å². The van der Waals surface area contributed by atoms with Crippen LogP contribution in [0.25, 0.3) is 0 Å². The van der Waals surface area contributed by atoms with Crippen molar-refractivity contribution in [3.63, 3.8) is 0 Å². The lowest BCUT2D eigenvalue weighted by Gasteiger charge is -2.16. The molecule has 0 fully saturated rings. The van der Waals surface area contributed by atoms with Crippen molar-refractivity contribution in [2.45, 2.75) is 19.5 Å². The highest BCUT2D eigenvalue weighted by molar-refractivity contribution is 6.33. The summed E-state index contributed by atoms with van der Waals surface area (Å²) in [5.41, 5.74) is 2.15. The zero-order chi connectivity index (χ0) is 15.2. The first kappa shape index (κ1) is 15.6. The number of benzene rings is 1. The van der Waals surface area contributed by atoms with E-state index in [4.69, 9.17) is 21.1 Å². The molecule has 0 bridgehead atoms. The van der Waals surface area contributed by atoms with Crippen LogP contribution in [0.5, 0.6) is 11.5 Å². The smallest absolute Gasteiger partial charge is 0.179 e. The lowest BCUT2D eigenvalue weighted by Crippen LogP contribution is -2.18. The Hall–Kier alpha value is -1.78. The number of nitrogens with zero attached hydrogens (tertiary/aromatic N) is 1. The minimum absolute atomic E-state index is 0.206. The number of methoxy groups -OCH3 is 2. The minimum atomic E-state index is 0.206. The summed E-state index contributed by atoms with van der Waals surface area (Å²) in [7, 11) is 3.18. The molecule has 0 saturated heterocycles. The van der Waals surface area contributed by atoms with E-state index in [0.717, 1.165) is 5.56 Å². The predicted molar refractivity (Wildman–Crippen MR) is 84.0 cm³/mol. The van der Waals surface area contributed by atoms with Crippen LogP contribution >= 0.6 is 11.6 Å². The Labute approximate surface area is 130 Å². The molecular formula is C16H19ClN2O2. The Kier molecular flexibility index (Phi) is 5.42. The first-order chi connectivity index (χ1) is 10.2. The molecule has 0 aliphatic rings. The van der Waals surface area contributed by atoms with Gasteiger partial charge in [0.2, 0.25) is 0 Å². The number of hydrogen-bond donors (Lipinski definition) is 1. The van der Waals surface area contributed by atoms with Gasteiger partial charge in [-0.15, -0.1) is 0 Å². The van der Waals surface area contributed by atoms with Crippen LogP contribution in [0.15, 0.2) is 36.7 Å². The van der Waals surface area contributed by atoms with Crippen molar-refractivity contribution >= 4 is 11.6 Å². The van der Waals surface area contributed by atoms with Crippen molar-refractivity contribution in [1.29, 1.82) is 0 Å². The zero-order valence-corrected chi connectivity index (χ0v) is 13.1. The molecule has 0 spiro atoms. The molecule has 21 heavy (non-hydrogen) atoms. The van der Waals surface area contributed by atoms with Gasteiger partial charge >= 0.3 is 0 Å². The molecule has 4 nitrogen and oxygen atoms in total. The first-order valence-corrected chi connectivity index (χ1v) is 7.07. The number of ether oxygens (including phenoxy) is 2. The Morgan fingerprint density at radius 2 is 1.86 bits per heavy atom. The fourth-order valence-electron chi connectivity index (χ4n) is 2.10. The van der Waals surface area contributed by atoms with Gasteiger partial charge in [0.1, 0.15) is 0 Å². The highest BCUT2D eigenvalue weighted by Gasteiger charge is 2.13. The summed E-state index contributed by atoms with van der Waals surface area (Å²) in [5.74, 6) is 1.20. The molecule has 0 aliphatic heterocycles. The topological polar surface area (TPSA) is 43.4 Å². The summed E-state index contributed by atoms with van der Waals surface area (Å²) < 4.78 is 10.5. The monoisotopic (exact) mass is 306 g/mol. The third kappa shape index (κ3) is 3.65. The summed E-state index contributed by atoms with van der Waals surface area (Å²) in [4.78, 5) is 4.02. The number of halogens is 1. The third-order valence-electron chi connectivity index (χ3n) is 3.37. The molecule has 0 aliphatic carbocycles. The van der Waals surface area contributed by atoms with Gasteiger partial charge in [-0.05, 0) is 36.2 Å². The zero-order valence-electron chi connectivity index (χ0n) is 12.4. The molecule has 112 valence electrons. The van der Waals surface area contributed by atoms with Crippen LogP contribution in [0.1, 0.15) is 24.1 Å². The van der Waals surface area contributed by atoms with Crippen molar-refractivity contribution < 1.29 is 9.47 Å². The second kappa shape index (κ2) is 7.29. The molecule has 0 radical (unpaired) electrons. The fourth-order valence-corrected chi connectivity index (χ4v) is 2.40. The normalized spacial score (nSPS) is 12.0. The SMILES string of the molecule is COc1ccc(CN[C@H](C)c2ccncc2)c(Cl)c1OC. The van der Waals surface area contributed by atoms with Crippen LogP contribution in [-0.2, 0) is 6.54 Å². The third-order valence-corrected chi connectivity index (χ3v) is 3.78. The summed E-state index contributed by atoms with van der Waals surface area (Å²) in [6, 6.07) is 7.99. The number of hydrogen-bond acceptors (Lipinski definition) is 4. The highest BCUT2D eigenvalue weighted by Crippen LogP contribution is 2.37. The summed E-state index contributed by atoms with van der Waals surface area (Å²) in [6.45, 7) is 2.74. The van der Waals surface area contributed by atoms with E-state index in [-0.39, 0.29) is 6.04 Å².